The highest BCUT2D eigenvalue weighted by atomic mass is 32.2. The van der Waals surface area contributed by atoms with Crippen molar-refractivity contribution in [2.45, 2.75) is 36.8 Å². The van der Waals surface area contributed by atoms with Gasteiger partial charge in [0.15, 0.2) is 15.1 Å². The molecule has 0 saturated carbocycles. The molecule has 1 aliphatic heterocycles. The second-order valence-corrected chi connectivity index (χ2v) is 7.92. The van der Waals surface area contributed by atoms with E-state index in [1.54, 1.807) is 26.0 Å². The van der Waals surface area contributed by atoms with Gasteiger partial charge in [0, 0.05) is 13.2 Å². The lowest BCUT2D eigenvalue weighted by Gasteiger charge is -2.28. The van der Waals surface area contributed by atoms with Crippen LogP contribution in [0.5, 0.6) is 5.75 Å². The van der Waals surface area contributed by atoms with Gasteiger partial charge in [-0.3, -0.25) is 4.79 Å². The molecule has 0 aromatic heterocycles. The average molecular weight is 380 g/mol. The van der Waals surface area contributed by atoms with Gasteiger partial charge in [-0.2, -0.15) is 0 Å². The maximum Gasteiger partial charge on any atom is 0.324 e. The normalized spacial score (nSPS) is 16.2. The summed E-state index contributed by atoms with van der Waals surface area (Å²) in [6.07, 6.45) is 1.03. The fourth-order valence-corrected chi connectivity index (χ4v) is 4.79. The van der Waals surface area contributed by atoms with Gasteiger partial charge < -0.3 is 14.2 Å². The van der Waals surface area contributed by atoms with Crippen molar-refractivity contribution in [1.29, 1.82) is 0 Å². The van der Waals surface area contributed by atoms with Crippen LogP contribution in [0, 0.1) is 17.8 Å². The van der Waals surface area contributed by atoms with E-state index in [9.17, 15) is 13.2 Å². The first kappa shape index (κ1) is 20.3. The van der Waals surface area contributed by atoms with Crippen LogP contribution in [0.4, 0.5) is 0 Å². The molecule has 0 radical (unpaired) electrons. The lowest BCUT2D eigenvalue weighted by molar-refractivity contribution is -0.144. The number of carbonyl (C=O) groups is 1. The third-order valence-corrected chi connectivity index (χ3v) is 6.36. The van der Waals surface area contributed by atoms with Crippen LogP contribution >= 0.6 is 0 Å². The van der Waals surface area contributed by atoms with Crippen molar-refractivity contribution < 1.29 is 27.4 Å². The van der Waals surface area contributed by atoms with Gasteiger partial charge in [-0.15, -0.1) is 5.92 Å². The first-order valence-electron chi connectivity index (χ1n) is 8.61. The number of carbonyl (C=O) groups excluding carboxylic acids is 1. The zero-order valence-electron chi connectivity index (χ0n) is 15.1. The monoisotopic (exact) mass is 380 g/mol. The van der Waals surface area contributed by atoms with E-state index in [1.165, 1.54) is 12.1 Å². The highest BCUT2D eigenvalue weighted by molar-refractivity contribution is 7.92. The number of rotatable bonds is 7. The predicted octanol–water partition coefficient (Wildman–Crippen LogP) is 2.22. The Hall–Kier alpha value is -2.04. The summed E-state index contributed by atoms with van der Waals surface area (Å²) in [5.74, 6) is 4.99. The Morgan fingerprint density at radius 2 is 1.92 bits per heavy atom. The van der Waals surface area contributed by atoms with Crippen molar-refractivity contribution in [2.24, 2.45) is 5.92 Å². The number of ether oxygens (including phenoxy) is 3. The van der Waals surface area contributed by atoms with E-state index in [1.807, 2.05) is 0 Å². The Labute approximate surface area is 154 Å². The number of esters is 1. The Kier molecular flexibility index (Phi) is 7.49. The summed E-state index contributed by atoms with van der Waals surface area (Å²) in [7, 11) is -3.88. The first-order valence-corrected chi connectivity index (χ1v) is 10.2. The summed E-state index contributed by atoms with van der Waals surface area (Å²) in [5, 5.41) is -1.22. The molecule has 26 heavy (non-hydrogen) atoms. The quantitative estimate of drug-likeness (QED) is 0.533. The van der Waals surface area contributed by atoms with E-state index in [-0.39, 0.29) is 24.0 Å². The van der Waals surface area contributed by atoms with Crippen LogP contribution in [0.25, 0.3) is 0 Å². The van der Waals surface area contributed by atoms with E-state index in [0.717, 1.165) is 0 Å². The smallest absolute Gasteiger partial charge is 0.324 e. The van der Waals surface area contributed by atoms with Crippen LogP contribution in [0.15, 0.2) is 29.2 Å². The molecule has 0 bridgehead atoms. The molecule has 2 rings (SSSR count). The summed E-state index contributed by atoms with van der Waals surface area (Å²) < 4.78 is 42.0. The minimum absolute atomic E-state index is 0.0796. The highest BCUT2D eigenvalue weighted by Crippen LogP contribution is 2.30. The SMILES string of the molecule is CC#CCOc1ccc(S(=O)(=O)C(C(=O)OCC)C2CCOCC2)cc1. The van der Waals surface area contributed by atoms with Crippen molar-refractivity contribution in [2.75, 3.05) is 26.4 Å². The minimum atomic E-state index is -3.88. The summed E-state index contributed by atoms with van der Waals surface area (Å²) in [5.41, 5.74) is 0. The predicted molar refractivity (Wildman–Crippen MR) is 96.5 cm³/mol. The molecule has 1 unspecified atom stereocenters. The minimum Gasteiger partial charge on any atom is -0.481 e. The first-order chi connectivity index (χ1) is 12.5. The zero-order chi connectivity index (χ0) is 19.0. The second kappa shape index (κ2) is 9.60. The van der Waals surface area contributed by atoms with Crippen LogP contribution in [-0.2, 0) is 24.1 Å². The highest BCUT2D eigenvalue weighted by Gasteiger charge is 2.42. The van der Waals surface area contributed by atoms with Gasteiger partial charge in [-0.1, -0.05) is 5.92 Å². The summed E-state index contributed by atoms with van der Waals surface area (Å²) in [4.78, 5) is 12.5. The summed E-state index contributed by atoms with van der Waals surface area (Å²) in [6, 6.07) is 6.04. The zero-order valence-corrected chi connectivity index (χ0v) is 15.9. The van der Waals surface area contributed by atoms with Crippen LogP contribution in [0.2, 0.25) is 0 Å². The third-order valence-electron chi connectivity index (χ3n) is 4.19. The molecule has 1 saturated heterocycles. The molecule has 142 valence electrons. The van der Waals surface area contributed by atoms with E-state index in [0.29, 0.717) is 31.8 Å². The Morgan fingerprint density at radius 1 is 1.27 bits per heavy atom. The van der Waals surface area contributed by atoms with Gasteiger partial charge in [0.25, 0.3) is 0 Å². The maximum atomic E-state index is 13.1. The molecule has 1 aromatic carbocycles. The molecule has 1 heterocycles. The fourth-order valence-electron chi connectivity index (χ4n) is 2.88. The van der Waals surface area contributed by atoms with Gasteiger partial charge >= 0.3 is 5.97 Å². The molecule has 0 spiro atoms. The van der Waals surface area contributed by atoms with Gasteiger partial charge in [-0.05, 0) is 56.9 Å². The molecule has 7 heteroatoms. The second-order valence-electron chi connectivity index (χ2n) is 5.85. The summed E-state index contributed by atoms with van der Waals surface area (Å²) in [6.45, 7) is 4.64. The van der Waals surface area contributed by atoms with Gasteiger partial charge in [0.1, 0.15) is 12.4 Å². The molecule has 0 amide bonds. The molecule has 1 atom stereocenters. The van der Waals surface area contributed by atoms with E-state index < -0.39 is 21.1 Å². The van der Waals surface area contributed by atoms with Crippen molar-refractivity contribution in [3.63, 3.8) is 0 Å². The lowest BCUT2D eigenvalue weighted by atomic mass is 9.96. The Balaban J connectivity index is 2.26. The molecular weight excluding hydrogens is 356 g/mol. The molecule has 1 aliphatic rings. The number of benzene rings is 1. The van der Waals surface area contributed by atoms with Gasteiger partial charge in [-0.25, -0.2) is 8.42 Å². The van der Waals surface area contributed by atoms with Crippen molar-refractivity contribution in [3.05, 3.63) is 24.3 Å². The third kappa shape index (κ3) is 4.99. The Bertz CT molecular complexity index is 751. The molecule has 6 nitrogen and oxygen atoms in total. The van der Waals surface area contributed by atoms with E-state index >= 15 is 0 Å². The average Bonchev–Trinajstić information content (AvgIpc) is 2.63. The van der Waals surface area contributed by atoms with Crippen molar-refractivity contribution in [3.8, 4) is 17.6 Å². The fraction of sp³-hybridized carbons (Fsp3) is 0.526. The molecule has 1 fully saturated rings. The molecular formula is C19H24O6S. The van der Waals surface area contributed by atoms with Crippen molar-refractivity contribution >= 4 is 15.8 Å². The van der Waals surface area contributed by atoms with Gasteiger partial charge in [0.05, 0.1) is 11.5 Å². The van der Waals surface area contributed by atoms with Crippen LogP contribution in [0.1, 0.15) is 26.7 Å². The van der Waals surface area contributed by atoms with Crippen LogP contribution < -0.4 is 4.74 Å². The Morgan fingerprint density at radius 3 is 2.50 bits per heavy atom. The van der Waals surface area contributed by atoms with E-state index in [4.69, 9.17) is 14.2 Å². The summed E-state index contributed by atoms with van der Waals surface area (Å²) >= 11 is 0. The number of hydrogen-bond acceptors (Lipinski definition) is 6. The molecule has 0 aliphatic carbocycles. The van der Waals surface area contributed by atoms with E-state index in [2.05, 4.69) is 11.8 Å². The lowest BCUT2D eigenvalue weighted by Crippen LogP contribution is -2.41. The number of sulfone groups is 1. The topological polar surface area (TPSA) is 78.9 Å². The van der Waals surface area contributed by atoms with Gasteiger partial charge in [0.2, 0.25) is 0 Å². The molecule has 0 N–H and O–H groups in total. The molecule has 1 aromatic rings. The largest absolute Gasteiger partial charge is 0.481 e. The van der Waals surface area contributed by atoms with Crippen LogP contribution in [-0.4, -0.2) is 46.1 Å². The maximum absolute atomic E-state index is 13.1. The van der Waals surface area contributed by atoms with Crippen molar-refractivity contribution in [1.82, 2.24) is 0 Å². The number of hydrogen-bond donors (Lipinski definition) is 0. The standard InChI is InChI=1S/C19H24O6S/c1-3-5-12-25-16-6-8-17(9-7-16)26(21,22)18(19(20)24-4-2)15-10-13-23-14-11-15/h6-9,15,18H,4,10-14H2,1-2H3. The van der Waals surface area contributed by atoms with Crippen LogP contribution in [0.3, 0.4) is 0 Å².